The van der Waals surface area contributed by atoms with Crippen LogP contribution in [-0.4, -0.2) is 26.4 Å². The first kappa shape index (κ1) is 16.1. The van der Waals surface area contributed by atoms with Crippen LogP contribution in [0.1, 0.15) is 12.0 Å². The van der Waals surface area contributed by atoms with Crippen molar-refractivity contribution >= 4 is 11.6 Å². The smallest absolute Gasteiger partial charge is 0.231 e. The lowest BCUT2D eigenvalue weighted by molar-refractivity contribution is -0.116. The van der Waals surface area contributed by atoms with Gasteiger partial charge >= 0.3 is 0 Å². The zero-order chi connectivity index (χ0) is 16.8. The molecule has 1 heterocycles. The fourth-order valence-corrected chi connectivity index (χ4v) is 2.38. The lowest BCUT2D eigenvalue weighted by Gasteiger charge is -2.08. The Labute approximate surface area is 140 Å². The first-order valence-corrected chi connectivity index (χ1v) is 7.78. The van der Waals surface area contributed by atoms with Crippen molar-refractivity contribution < 1.29 is 19.0 Å². The van der Waals surface area contributed by atoms with E-state index in [2.05, 4.69) is 10.6 Å². The average Bonchev–Trinajstić information content (AvgIpc) is 3.07. The van der Waals surface area contributed by atoms with Gasteiger partial charge in [-0.15, -0.1) is 0 Å². The monoisotopic (exact) mass is 328 g/mol. The summed E-state index contributed by atoms with van der Waals surface area (Å²) in [6.07, 6.45) is 0.399. The molecular weight excluding hydrogens is 308 g/mol. The van der Waals surface area contributed by atoms with Gasteiger partial charge in [-0.05, 0) is 42.0 Å². The van der Waals surface area contributed by atoms with Gasteiger partial charge in [0.2, 0.25) is 12.7 Å². The van der Waals surface area contributed by atoms with E-state index in [-0.39, 0.29) is 12.7 Å². The van der Waals surface area contributed by atoms with Crippen LogP contribution in [0.3, 0.4) is 0 Å². The molecule has 3 rings (SSSR count). The van der Waals surface area contributed by atoms with E-state index in [0.717, 1.165) is 28.5 Å². The molecule has 0 bridgehead atoms. The minimum atomic E-state index is -0.0293. The van der Waals surface area contributed by atoms with Crippen molar-refractivity contribution in [2.45, 2.75) is 13.0 Å². The van der Waals surface area contributed by atoms with Crippen LogP contribution in [0.5, 0.6) is 17.2 Å². The first-order chi connectivity index (χ1) is 11.7. The molecule has 126 valence electrons. The van der Waals surface area contributed by atoms with E-state index in [1.807, 2.05) is 42.5 Å². The maximum atomic E-state index is 11.9. The molecule has 2 aromatic carbocycles. The Morgan fingerprint density at radius 3 is 2.71 bits per heavy atom. The molecule has 0 aromatic heterocycles. The van der Waals surface area contributed by atoms with Crippen LogP contribution in [-0.2, 0) is 11.3 Å². The average molecular weight is 328 g/mol. The molecule has 1 aliphatic heterocycles. The lowest BCUT2D eigenvalue weighted by atomic mass is 10.2. The van der Waals surface area contributed by atoms with Crippen LogP contribution in [0.15, 0.2) is 42.5 Å². The number of anilines is 1. The van der Waals surface area contributed by atoms with Gasteiger partial charge in [-0.2, -0.15) is 0 Å². The Balaban J connectivity index is 1.38. The summed E-state index contributed by atoms with van der Waals surface area (Å²) in [5, 5.41) is 6.11. The molecular formula is C18H20N2O4. The van der Waals surface area contributed by atoms with E-state index < -0.39 is 0 Å². The first-order valence-electron chi connectivity index (χ1n) is 7.78. The van der Waals surface area contributed by atoms with Gasteiger partial charge in [-0.3, -0.25) is 4.79 Å². The number of carbonyl (C=O) groups is 1. The van der Waals surface area contributed by atoms with Gasteiger partial charge in [-0.1, -0.05) is 6.07 Å². The highest BCUT2D eigenvalue weighted by Gasteiger charge is 2.12. The number of hydrogen-bond donors (Lipinski definition) is 2. The number of amides is 1. The van der Waals surface area contributed by atoms with Crippen molar-refractivity contribution in [1.82, 2.24) is 5.32 Å². The fourth-order valence-electron chi connectivity index (χ4n) is 2.38. The zero-order valence-electron chi connectivity index (χ0n) is 13.5. The van der Waals surface area contributed by atoms with E-state index in [0.29, 0.717) is 19.5 Å². The predicted octanol–water partition coefficient (Wildman–Crippen LogP) is 2.54. The maximum Gasteiger partial charge on any atom is 0.231 e. The fraction of sp³-hybridized carbons (Fsp3) is 0.278. The van der Waals surface area contributed by atoms with Crippen molar-refractivity contribution in [3.8, 4) is 17.2 Å². The molecule has 0 aliphatic carbocycles. The standard InChI is InChI=1S/C18H20N2O4/c1-22-15-5-3-14(4-6-15)20-18(21)8-9-19-11-13-2-7-16-17(10-13)24-12-23-16/h2-7,10,19H,8-9,11-12H2,1H3,(H,20,21). The van der Waals surface area contributed by atoms with E-state index in [1.54, 1.807) is 7.11 Å². The molecule has 2 aromatic rings. The second kappa shape index (κ2) is 7.70. The minimum Gasteiger partial charge on any atom is -0.497 e. The van der Waals surface area contributed by atoms with E-state index in [1.165, 1.54) is 0 Å². The van der Waals surface area contributed by atoms with Gasteiger partial charge in [0.05, 0.1) is 7.11 Å². The molecule has 0 unspecified atom stereocenters. The second-order valence-electron chi connectivity index (χ2n) is 5.39. The number of fused-ring (bicyclic) bond motifs is 1. The highest BCUT2D eigenvalue weighted by atomic mass is 16.7. The van der Waals surface area contributed by atoms with Gasteiger partial charge in [0, 0.05) is 25.2 Å². The summed E-state index contributed by atoms with van der Waals surface area (Å²) in [7, 11) is 1.61. The van der Waals surface area contributed by atoms with Crippen molar-refractivity contribution in [2.24, 2.45) is 0 Å². The third-order valence-corrected chi connectivity index (χ3v) is 3.67. The largest absolute Gasteiger partial charge is 0.497 e. The molecule has 6 nitrogen and oxygen atoms in total. The van der Waals surface area contributed by atoms with Gasteiger partial charge in [0.25, 0.3) is 0 Å². The molecule has 0 atom stereocenters. The SMILES string of the molecule is COc1ccc(NC(=O)CCNCc2ccc3c(c2)OCO3)cc1. The molecule has 0 saturated carbocycles. The topological polar surface area (TPSA) is 68.8 Å². The molecule has 6 heteroatoms. The predicted molar refractivity (Wildman–Crippen MR) is 90.5 cm³/mol. The van der Waals surface area contributed by atoms with E-state index in [9.17, 15) is 4.79 Å². The molecule has 24 heavy (non-hydrogen) atoms. The summed E-state index contributed by atoms with van der Waals surface area (Å²) in [6, 6.07) is 13.1. The molecule has 0 spiro atoms. The molecule has 1 amide bonds. The summed E-state index contributed by atoms with van der Waals surface area (Å²) in [5.74, 6) is 2.28. The molecule has 2 N–H and O–H groups in total. The number of benzene rings is 2. The number of hydrogen-bond acceptors (Lipinski definition) is 5. The van der Waals surface area contributed by atoms with Crippen molar-refractivity contribution in [2.75, 3.05) is 25.8 Å². The summed E-state index contributed by atoms with van der Waals surface area (Å²) in [6.45, 7) is 1.54. The number of nitrogens with one attached hydrogen (secondary N) is 2. The van der Waals surface area contributed by atoms with Crippen molar-refractivity contribution in [3.63, 3.8) is 0 Å². The van der Waals surface area contributed by atoms with E-state index in [4.69, 9.17) is 14.2 Å². The second-order valence-corrected chi connectivity index (χ2v) is 5.39. The third-order valence-electron chi connectivity index (χ3n) is 3.67. The van der Waals surface area contributed by atoms with Crippen molar-refractivity contribution in [1.29, 1.82) is 0 Å². The summed E-state index contributed by atoms with van der Waals surface area (Å²) < 4.78 is 15.7. The van der Waals surface area contributed by atoms with Gasteiger partial charge in [0.1, 0.15) is 5.75 Å². The van der Waals surface area contributed by atoms with Crippen LogP contribution < -0.4 is 24.8 Å². The Morgan fingerprint density at radius 2 is 1.92 bits per heavy atom. The number of methoxy groups -OCH3 is 1. The normalized spacial score (nSPS) is 12.0. The summed E-state index contributed by atoms with van der Waals surface area (Å²) in [5.41, 5.74) is 1.85. The van der Waals surface area contributed by atoms with Crippen LogP contribution in [0.4, 0.5) is 5.69 Å². The highest BCUT2D eigenvalue weighted by Crippen LogP contribution is 2.32. The Morgan fingerprint density at radius 1 is 1.12 bits per heavy atom. The third kappa shape index (κ3) is 4.17. The van der Waals surface area contributed by atoms with Crippen LogP contribution in [0.25, 0.3) is 0 Å². The van der Waals surface area contributed by atoms with E-state index >= 15 is 0 Å². The highest BCUT2D eigenvalue weighted by molar-refractivity contribution is 5.90. The molecule has 0 radical (unpaired) electrons. The van der Waals surface area contributed by atoms with Gasteiger partial charge < -0.3 is 24.8 Å². The summed E-state index contributed by atoms with van der Waals surface area (Å²) in [4.78, 5) is 11.9. The van der Waals surface area contributed by atoms with Crippen LogP contribution in [0.2, 0.25) is 0 Å². The van der Waals surface area contributed by atoms with Crippen LogP contribution >= 0.6 is 0 Å². The Bertz CT molecular complexity index is 701. The molecule has 1 aliphatic rings. The quantitative estimate of drug-likeness (QED) is 0.765. The van der Waals surface area contributed by atoms with Crippen molar-refractivity contribution in [3.05, 3.63) is 48.0 Å². The molecule has 0 fully saturated rings. The van der Waals surface area contributed by atoms with Gasteiger partial charge in [0.15, 0.2) is 11.5 Å². The zero-order valence-corrected chi connectivity index (χ0v) is 13.5. The Hall–Kier alpha value is -2.73. The number of rotatable bonds is 7. The maximum absolute atomic E-state index is 11.9. The number of carbonyl (C=O) groups excluding carboxylic acids is 1. The molecule has 0 saturated heterocycles. The minimum absolute atomic E-state index is 0.0293. The Kier molecular flexibility index (Phi) is 5.18. The van der Waals surface area contributed by atoms with Gasteiger partial charge in [-0.25, -0.2) is 0 Å². The summed E-state index contributed by atoms with van der Waals surface area (Å²) >= 11 is 0. The lowest BCUT2D eigenvalue weighted by Crippen LogP contribution is -2.21. The van der Waals surface area contributed by atoms with Crippen LogP contribution in [0, 0.1) is 0 Å². The number of ether oxygens (including phenoxy) is 3.